The summed E-state index contributed by atoms with van der Waals surface area (Å²) in [7, 11) is 0. The summed E-state index contributed by atoms with van der Waals surface area (Å²) in [5.74, 6) is 1.69. The fourth-order valence-corrected chi connectivity index (χ4v) is 2.90. The molecule has 4 nitrogen and oxygen atoms in total. The van der Waals surface area contributed by atoms with Crippen LogP contribution < -0.4 is 15.0 Å². The standard InChI is InChI=1S/C19H23N3O/c1-3-12-21-17-6-4-5-7-18(17)22(19(21)20)13-14-23-16-10-8-15(2)9-11-16/h4-11,20H,3,12-14H2,1-2H3/p+1. The van der Waals surface area contributed by atoms with Crippen LogP contribution in [0.1, 0.15) is 18.9 Å². The number of aromatic nitrogens is 2. The van der Waals surface area contributed by atoms with Gasteiger partial charge in [0.2, 0.25) is 0 Å². The number of benzene rings is 2. The van der Waals surface area contributed by atoms with Gasteiger partial charge in [-0.2, -0.15) is 0 Å². The smallest absolute Gasteiger partial charge is 0.356 e. The lowest BCUT2D eigenvalue weighted by Crippen LogP contribution is -2.36. The van der Waals surface area contributed by atoms with Crippen molar-refractivity contribution in [3.8, 4) is 5.75 Å². The lowest BCUT2D eigenvalue weighted by atomic mass is 10.2. The molecule has 0 fully saturated rings. The van der Waals surface area contributed by atoms with Crippen LogP contribution in [0.15, 0.2) is 48.5 Å². The van der Waals surface area contributed by atoms with Crippen molar-refractivity contribution in [2.75, 3.05) is 12.3 Å². The fourth-order valence-electron chi connectivity index (χ4n) is 2.90. The number of rotatable bonds is 6. The number of anilines is 1. The molecule has 0 amide bonds. The van der Waals surface area contributed by atoms with Crippen molar-refractivity contribution in [2.24, 2.45) is 0 Å². The molecule has 3 aromatic rings. The van der Waals surface area contributed by atoms with Crippen molar-refractivity contribution >= 4 is 17.0 Å². The summed E-state index contributed by atoms with van der Waals surface area (Å²) >= 11 is 0. The first kappa shape index (κ1) is 15.4. The monoisotopic (exact) mass is 310 g/mol. The molecule has 0 saturated carbocycles. The Bertz CT molecular complexity index is 790. The van der Waals surface area contributed by atoms with E-state index in [2.05, 4.69) is 59.4 Å². The summed E-state index contributed by atoms with van der Waals surface area (Å²) in [4.78, 5) is 0. The molecule has 0 aliphatic heterocycles. The Kier molecular flexibility index (Phi) is 4.51. The second-order valence-corrected chi connectivity index (χ2v) is 5.81. The Morgan fingerprint density at radius 1 is 1.09 bits per heavy atom. The van der Waals surface area contributed by atoms with Crippen LogP contribution in [0.5, 0.6) is 5.75 Å². The van der Waals surface area contributed by atoms with E-state index in [1.165, 1.54) is 11.1 Å². The molecule has 0 atom stereocenters. The molecule has 120 valence electrons. The Hall–Kier alpha value is -2.49. The van der Waals surface area contributed by atoms with Gasteiger partial charge in [-0.3, -0.25) is 5.73 Å². The summed E-state index contributed by atoms with van der Waals surface area (Å²) in [5, 5.41) is 0. The highest BCUT2D eigenvalue weighted by atomic mass is 16.5. The number of para-hydroxylation sites is 2. The third kappa shape index (κ3) is 3.16. The summed E-state index contributed by atoms with van der Waals surface area (Å²) < 4.78 is 10.2. The molecule has 3 rings (SSSR count). The van der Waals surface area contributed by atoms with Crippen LogP contribution in [0, 0.1) is 6.92 Å². The number of nitrogen functional groups attached to an aromatic ring is 1. The molecule has 23 heavy (non-hydrogen) atoms. The van der Waals surface area contributed by atoms with Gasteiger partial charge in [0, 0.05) is 0 Å². The molecule has 1 heterocycles. The van der Waals surface area contributed by atoms with Crippen molar-refractivity contribution in [3.05, 3.63) is 54.1 Å². The zero-order valence-electron chi connectivity index (χ0n) is 13.8. The molecule has 0 aliphatic carbocycles. The molecule has 0 saturated heterocycles. The first-order valence-electron chi connectivity index (χ1n) is 8.16. The van der Waals surface area contributed by atoms with Crippen LogP contribution in [0.4, 0.5) is 5.95 Å². The van der Waals surface area contributed by atoms with E-state index in [4.69, 9.17) is 10.5 Å². The minimum atomic E-state index is 0.595. The Morgan fingerprint density at radius 2 is 1.83 bits per heavy atom. The van der Waals surface area contributed by atoms with Crippen molar-refractivity contribution in [1.29, 1.82) is 0 Å². The third-order valence-electron chi connectivity index (χ3n) is 4.07. The number of aryl methyl sites for hydroxylation is 2. The van der Waals surface area contributed by atoms with E-state index in [-0.39, 0.29) is 0 Å². The van der Waals surface area contributed by atoms with Gasteiger partial charge in [-0.05, 0) is 37.6 Å². The van der Waals surface area contributed by atoms with Gasteiger partial charge in [0.1, 0.15) is 29.9 Å². The maximum atomic E-state index is 6.37. The van der Waals surface area contributed by atoms with Crippen LogP contribution in [-0.4, -0.2) is 11.2 Å². The van der Waals surface area contributed by atoms with Gasteiger partial charge in [0.15, 0.2) is 0 Å². The Labute approximate surface area is 137 Å². The highest BCUT2D eigenvalue weighted by Crippen LogP contribution is 2.17. The number of hydrogen-bond acceptors (Lipinski definition) is 2. The number of nitrogens with two attached hydrogens (primary N) is 1. The predicted octanol–water partition coefficient (Wildman–Crippen LogP) is 3.31. The second kappa shape index (κ2) is 6.73. The predicted molar refractivity (Wildman–Crippen MR) is 93.5 cm³/mol. The van der Waals surface area contributed by atoms with Crippen molar-refractivity contribution in [3.63, 3.8) is 0 Å². The second-order valence-electron chi connectivity index (χ2n) is 5.81. The average molecular weight is 310 g/mol. The third-order valence-corrected chi connectivity index (χ3v) is 4.07. The largest absolute Gasteiger partial charge is 0.490 e. The molecule has 0 unspecified atom stereocenters. The first-order chi connectivity index (χ1) is 11.2. The molecular weight excluding hydrogens is 286 g/mol. The van der Waals surface area contributed by atoms with Gasteiger partial charge in [-0.1, -0.05) is 36.8 Å². The molecule has 0 aliphatic rings. The maximum absolute atomic E-state index is 6.37. The molecule has 2 N–H and O–H groups in total. The van der Waals surface area contributed by atoms with E-state index in [1.807, 2.05) is 12.1 Å². The minimum absolute atomic E-state index is 0.595. The van der Waals surface area contributed by atoms with Gasteiger partial charge >= 0.3 is 5.95 Å². The number of hydrogen-bond donors (Lipinski definition) is 1. The summed E-state index contributed by atoms with van der Waals surface area (Å²) in [6, 6.07) is 16.5. The molecule has 0 bridgehead atoms. The zero-order chi connectivity index (χ0) is 16.2. The SMILES string of the molecule is CCC[n+]1c(N)n(CCOc2ccc(C)cc2)c2ccccc21. The Morgan fingerprint density at radius 3 is 2.57 bits per heavy atom. The van der Waals surface area contributed by atoms with E-state index >= 15 is 0 Å². The van der Waals surface area contributed by atoms with Gasteiger partial charge in [-0.15, -0.1) is 0 Å². The number of fused-ring (bicyclic) bond motifs is 1. The van der Waals surface area contributed by atoms with E-state index in [0.29, 0.717) is 6.61 Å². The fraction of sp³-hybridized carbons (Fsp3) is 0.316. The topological polar surface area (TPSA) is 44.1 Å². The van der Waals surface area contributed by atoms with E-state index in [0.717, 1.165) is 36.7 Å². The summed E-state index contributed by atoms with van der Waals surface area (Å²) in [6.45, 7) is 6.50. The zero-order valence-corrected chi connectivity index (χ0v) is 13.8. The first-order valence-corrected chi connectivity index (χ1v) is 8.16. The maximum Gasteiger partial charge on any atom is 0.356 e. The van der Waals surface area contributed by atoms with Crippen molar-refractivity contribution < 1.29 is 9.30 Å². The minimum Gasteiger partial charge on any atom is -0.490 e. The van der Waals surface area contributed by atoms with E-state index < -0.39 is 0 Å². The lowest BCUT2D eigenvalue weighted by Gasteiger charge is -2.06. The van der Waals surface area contributed by atoms with Crippen molar-refractivity contribution in [1.82, 2.24) is 4.57 Å². The molecule has 4 heteroatoms. The van der Waals surface area contributed by atoms with Crippen LogP contribution >= 0.6 is 0 Å². The quantitative estimate of drug-likeness (QED) is 0.710. The highest BCUT2D eigenvalue weighted by molar-refractivity contribution is 5.73. The number of ether oxygens (including phenoxy) is 1. The molecule has 0 spiro atoms. The molecular formula is C19H24N3O+. The summed E-state index contributed by atoms with van der Waals surface area (Å²) in [6.07, 6.45) is 1.06. The van der Waals surface area contributed by atoms with E-state index in [1.54, 1.807) is 0 Å². The van der Waals surface area contributed by atoms with Gasteiger partial charge < -0.3 is 4.74 Å². The Balaban J connectivity index is 1.79. The lowest BCUT2D eigenvalue weighted by molar-refractivity contribution is -0.657. The van der Waals surface area contributed by atoms with Gasteiger partial charge in [-0.25, -0.2) is 9.13 Å². The van der Waals surface area contributed by atoms with Crippen LogP contribution in [0.2, 0.25) is 0 Å². The average Bonchev–Trinajstić information content (AvgIpc) is 2.83. The van der Waals surface area contributed by atoms with Gasteiger partial charge in [0.25, 0.3) is 0 Å². The van der Waals surface area contributed by atoms with Crippen molar-refractivity contribution in [2.45, 2.75) is 33.4 Å². The van der Waals surface area contributed by atoms with Crippen LogP contribution in [-0.2, 0) is 13.1 Å². The number of imidazole rings is 1. The molecule has 2 aromatic carbocycles. The molecule has 1 aromatic heterocycles. The van der Waals surface area contributed by atoms with E-state index in [9.17, 15) is 0 Å². The summed E-state index contributed by atoms with van der Waals surface area (Å²) in [5.41, 5.74) is 9.95. The van der Waals surface area contributed by atoms with Crippen LogP contribution in [0.3, 0.4) is 0 Å². The van der Waals surface area contributed by atoms with Gasteiger partial charge in [0.05, 0.1) is 6.54 Å². The molecule has 0 radical (unpaired) electrons. The highest BCUT2D eigenvalue weighted by Gasteiger charge is 2.19. The normalized spacial score (nSPS) is 11.0. The number of nitrogens with zero attached hydrogens (tertiary/aromatic N) is 2. The van der Waals surface area contributed by atoms with Crippen LogP contribution in [0.25, 0.3) is 11.0 Å².